The Morgan fingerprint density at radius 1 is 1.40 bits per heavy atom. The SMILES string of the molecule is CC(C)C1CN(C)C(=O)C(=O)N1CCN. The Morgan fingerprint density at radius 2 is 2.00 bits per heavy atom. The number of carbonyl (C=O) groups excluding carboxylic acids is 2. The van der Waals surface area contributed by atoms with E-state index in [2.05, 4.69) is 0 Å². The van der Waals surface area contributed by atoms with Crippen LogP contribution in [0.2, 0.25) is 0 Å². The van der Waals surface area contributed by atoms with Crippen molar-refractivity contribution in [2.45, 2.75) is 19.9 Å². The highest BCUT2D eigenvalue weighted by Crippen LogP contribution is 2.17. The molecule has 0 aromatic rings. The highest BCUT2D eigenvalue weighted by atomic mass is 16.2. The first kappa shape index (κ1) is 12.0. The molecule has 2 N–H and O–H groups in total. The summed E-state index contributed by atoms with van der Waals surface area (Å²) in [6.45, 7) is 5.55. The van der Waals surface area contributed by atoms with Crippen molar-refractivity contribution in [1.29, 1.82) is 0 Å². The van der Waals surface area contributed by atoms with Crippen LogP contribution in [0.25, 0.3) is 0 Å². The van der Waals surface area contributed by atoms with Crippen molar-refractivity contribution < 1.29 is 9.59 Å². The average Bonchev–Trinajstić information content (AvgIpc) is 2.18. The van der Waals surface area contributed by atoms with E-state index in [1.165, 1.54) is 4.90 Å². The number of likely N-dealkylation sites (N-methyl/N-ethyl adjacent to an activating group) is 1. The molecule has 5 heteroatoms. The minimum absolute atomic E-state index is 0.0868. The van der Waals surface area contributed by atoms with E-state index in [1.54, 1.807) is 11.9 Å². The van der Waals surface area contributed by atoms with E-state index in [9.17, 15) is 9.59 Å². The lowest BCUT2D eigenvalue weighted by molar-refractivity contribution is -0.158. The molecule has 0 aromatic heterocycles. The molecular weight excluding hydrogens is 194 g/mol. The topological polar surface area (TPSA) is 66.6 Å². The molecule has 1 atom stereocenters. The fraction of sp³-hybridized carbons (Fsp3) is 0.800. The van der Waals surface area contributed by atoms with Crippen molar-refractivity contribution in [3.8, 4) is 0 Å². The number of piperazine rings is 1. The Morgan fingerprint density at radius 3 is 2.47 bits per heavy atom. The second kappa shape index (κ2) is 4.61. The molecule has 2 amide bonds. The zero-order valence-electron chi connectivity index (χ0n) is 9.56. The van der Waals surface area contributed by atoms with E-state index in [0.29, 0.717) is 25.6 Å². The van der Waals surface area contributed by atoms with Crippen LogP contribution in [0.5, 0.6) is 0 Å². The number of carbonyl (C=O) groups is 2. The predicted molar refractivity (Wildman–Crippen MR) is 57.0 cm³/mol. The van der Waals surface area contributed by atoms with Gasteiger partial charge in [-0.15, -0.1) is 0 Å². The Balaban J connectivity index is 2.86. The van der Waals surface area contributed by atoms with Crippen LogP contribution in [0.3, 0.4) is 0 Å². The molecule has 0 aliphatic carbocycles. The van der Waals surface area contributed by atoms with E-state index < -0.39 is 11.8 Å². The maximum Gasteiger partial charge on any atom is 0.312 e. The first-order chi connectivity index (χ1) is 6.99. The van der Waals surface area contributed by atoms with Crippen LogP contribution in [-0.4, -0.2) is 54.3 Å². The summed E-state index contributed by atoms with van der Waals surface area (Å²) < 4.78 is 0. The summed E-state index contributed by atoms with van der Waals surface area (Å²) in [5, 5.41) is 0. The molecular formula is C10H19N3O2. The van der Waals surface area contributed by atoms with Crippen molar-refractivity contribution in [2.75, 3.05) is 26.7 Å². The minimum atomic E-state index is -0.430. The van der Waals surface area contributed by atoms with Gasteiger partial charge in [0.05, 0.1) is 6.04 Å². The summed E-state index contributed by atoms with van der Waals surface area (Å²) >= 11 is 0. The van der Waals surface area contributed by atoms with Crippen LogP contribution in [0, 0.1) is 5.92 Å². The van der Waals surface area contributed by atoms with Crippen LogP contribution >= 0.6 is 0 Å². The Bertz CT molecular complexity index is 265. The summed E-state index contributed by atoms with van der Waals surface area (Å²) in [5.41, 5.74) is 5.45. The summed E-state index contributed by atoms with van der Waals surface area (Å²) in [6.07, 6.45) is 0. The van der Waals surface area contributed by atoms with Crippen LogP contribution in [-0.2, 0) is 9.59 Å². The van der Waals surface area contributed by atoms with Gasteiger partial charge in [0.25, 0.3) is 0 Å². The summed E-state index contributed by atoms with van der Waals surface area (Å²) in [6, 6.07) is 0.0868. The van der Waals surface area contributed by atoms with Gasteiger partial charge >= 0.3 is 11.8 Å². The Labute approximate surface area is 90.2 Å². The third-order valence-corrected chi connectivity index (χ3v) is 2.79. The van der Waals surface area contributed by atoms with E-state index in [-0.39, 0.29) is 6.04 Å². The number of amides is 2. The van der Waals surface area contributed by atoms with Gasteiger partial charge in [0.15, 0.2) is 0 Å². The third kappa shape index (κ3) is 2.28. The zero-order valence-corrected chi connectivity index (χ0v) is 9.56. The molecule has 1 aliphatic heterocycles. The number of nitrogens with two attached hydrogens (primary N) is 1. The van der Waals surface area contributed by atoms with Gasteiger partial charge < -0.3 is 15.5 Å². The first-order valence-corrected chi connectivity index (χ1v) is 5.25. The van der Waals surface area contributed by atoms with Crippen LogP contribution in [0.15, 0.2) is 0 Å². The molecule has 0 saturated carbocycles. The van der Waals surface area contributed by atoms with Gasteiger partial charge in [-0.3, -0.25) is 9.59 Å². The van der Waals surface area contributed by atoms with E-state index in [1.807, 2.05) is 13.8 Å². The van der Waals surface area contributed by atoms with Gasteiger partial charge in [0.2, 0.25) is 0 Å². The third-order valence-electron chi connectivity index (χ3n) is 2.79. The molecule has 1 aliphatic rings. The molecule has 1 rings (SSSR count). The monoisotopic (exact) mass is 213 g/mol. The van der Waals surface area contributed by atoms with Crippen LogP contribution < -0.4 is 5.73 Å². The Hall–Kier alpha value is -1.10. The van der Waals surface area contributed by atoms with Gasteiger partial charge in [-0.2, -0.15) is 0 Å². The molecule has 0 radical (unpaired) electrons. The number of hydrogen-bond donors (Lipinski definition) is 1. The lowest BCUT2D eigenvalue weighted by atomic mass is 9.99. The molecule has 0 aromatic carbocycles. The van der Waals surface area contributed by atoms with Gasteiger partial charge in [-0.25, -0.2) is 0 Å². The number of nitrogens with zero attached hydrogens (tertiary/aromatic N) is 2. The molecule has 5 nitrogen and oxygen atoms in total. The van der Waals surface area contributed by atoms with Gasteiger partial charge in [0.1, 0.15) is 0 Å². The maximum absolute atomic E-state index is 11.7. The quantitative estimate of drug-likeness (QED) is 0.629. The molecule has 15 heavy (non-hydrogen) atoms. The first-order valence-electron chi connectivity index (χ1n) is 5.25. The fourth-order valence-electron chi connectivity index (χ4n) is 1.88. The number of rotatable bonds is 3. The summed E-state index contributed by atoms with van der Waals surface area (Å²) in [5.74, 6) is -0.524. The minimum Gasteiger partial charge on any atom is -0.335 e. The highest BCUT2D eigenvalue weighted by molar-refractivity contribution is 6.35. The maximum atomic E-state index is 11.7. The molecule has 1 unspecified atom stereocenters. The second-order valence-corrected chi connectivity index (χ2v) is 4.28. The molecule has 1 saturated heterocycles. The van der Waals surface area contributed by atoms with Crippen LogP contribution in [0.4, 0.5) is 0 Å². The van der Waals surface area contributed by atoms with E-state index >= 15 is 0 Å². The predicted octanol–water partition coefficient (Wildman–Crippen LogP) is -0.730. The van der Waals surface area contributed by atoms with Crippen molar-refractivity contribution in [3.63, 3.8) is 0 Å². The molecule has 1 fully saturated rings. The zero-order chi connectivity index (χ0) is 11.6. The fourth-order valence-corrected chi connectivity index (χ4v) is 1.88. The van der Waals surface area contributed by atoms with Gasteiger partial charge in [0, 0.05) is 26.7 Å². The van der Waals surface area contributed by atoms with Crippen molar-refractivity contribution >= 4 is 11.8 Å². The second-order valence-electron chi connectivity index (χ2n) is 4.28. The Kier molecular flexibility index (Phi) is 3.68. The average molecular weight is 213 g/mol. The summed E-state index contributed by atoms with van der Waals surface area (Å²) in [4.78, 5) is 26.3. The molecule has 1 heterocycles. The number of hydrogen-bond acceptors (Lipinski definition) is 3. The van der Waals surface area contributed by atoms with Gasteiger partial charge in [-0.05, 0) is 5.92 Å². The lowest BCUT2D eigenvalue weighted by Crippen LogP contribution is -2.60. The smallest absolute Gasteiger partial charge is 0.312 e. The van der Waals surface area contributed by atoms with E-state index in [0.717, 1.165) is 0 Å². The van der Waals surface area contributed by atoms with Gasteiger partial charge in [-0.1, -0.05) is 13.8 Å². The standard InChI is InChI=1S/C10H19N3O2/c1-7(2)8-6-12(3)9(14)10(15)13(8)5-4-11/h7-8H,4-6,11H2,1-3H3. The molecule has 0 spiro atoms. The molecule has 86 valence electrons. The largest absolute Gasteiger partial charge is 0.335 e. The highest BCUT2D eigenvalue weighted by Gasteiger charge is 2.37. The summed E-state index contributed by atoms with van der Waals surface area (Å²) in [7, 11) is 1.66. The van der Waals surface area contributed by atoms with Crippen molar-refractivity contribution in [1.82, 2.24) is 9.80 Å². The van der Waals surface area contributed by atoms with Crippen LogP contribution in [0.1, 0.15) is 13.8 Å². The van der Waals surface area contributed by atoms with E-state index in [4.69, 9.17) is 5.73 Å². The molecule has 0 bridgehead atoms. The normalized spacial score (nSPS) is 22.9. The lowest BCUT2D eigenvalue weighted by Gasteiger charge is -2.41. The van der Waals surface area contributed by atoms with Crippen molar-refractivity contribution in [3.05, 3.63) is 0 Å². The van der Waals surface area contributed by atoms with Crippen molar-refractivity contribution in [2.24, 2.45) is 11.7 Å².